The molecule has 2 rings (SSSR count). The van der Waals surface area contributed by atoms with Crippen LogP contribution in [-0.2, 0) is 0 Å². The van der Waals surface area contributed by atoms with Gasteiger partial charge in [-0.1, -0.05) is 12.8 Å². The average Bonchev–Trinajstić information content (AvgIpc) is 2.98. The average molecular weight is 409 g/mol. The van der Waals surface area contributed by atoms with E-state index in [0.717, 1.165) is 31.2 Å². The van der Waals surface area contributed by atoms with Gasteiger partial charge in [-0.3, -0.25) is 0 Å². The molecule has 0 amide bonds. The number of nitrogens with two attached hydrogens (primary N) is 1. The van der Waals surface area contributed by atoms with Crippen molar-refractivity contribution in [1.82, 2.24) is 0 Å². The van der Waals surface area contributed by atoms with Gasteiger partial charge in [-0.05, 0) is 62.2 Å². The first kappa shape index (κ1) is 16.1. The van der Waals surface area contributed by atoms with Crippen LogP contribution in [0.1, 0.15) is 37.3 Å². The number of aliphatic hydroxyl groups is 1. The minimum absolute atomic E-state index is 0.0191. The van der Waals surface area contributed by atoms with Crippen molar-refractivity contribution in [2.24, 2.45) is 11.7 Å². The third-order valence-electron chi connectivity index (χ3n) is 4.00. The van der Waals surface area contributed by atoms with E-state index in [1.54, 1.807) is 6.07 Å². The quantitative estimate of drug-likeness (QED) is 0.712. The molecule has 112 valence electrons. The summed E-state index contributed by atoms with van der Waals surface area (Å²) < 4.78 is 6.28. The van der Waals surface area contributed by atoms with Gasteiger partial charge in [-0.15, -0.1) is 0 Å². The molecule has 0 unspecified atom stereocenters. The van der Waals surface area contributed by atoms with Crippen LogP contribution < -0.4 is 10.5 Å². The predicted molar refractivity (Wildman–Crippen MR) is 85.0 cm³/mol. The zero-order valence-electron chi connectivity index (χ0n) is 11.3. The second-order valence-corrected chi connectivity index (χ2v) is 6.79. The van der Waals surface area contributed by atoms with Crippen LogP contribution in [0, 0.1) is 5.92 Å². The highest BCUT2D eigenvalue weighted by atomic mass is 79.9. The maximum atomic E-state index is 10.5. The third kappa shape index (κ3) is 2.98. The van der Waals surface area contributed by atoms with Crippen LogP contribution in [0.3, 0.4) is 0 Å². The summed E-state index contributed by atoms with van der Waals surface area (Å²) in [7, 11) is 1.48. The molecular weight excluding hydrogens is 390 g/mol. The van der Waals surface area contributed by atoms with Crippen LogP contribution in [0.25, 0.3) is 0 Å². The normalized spacial score (nSPS) is 19.1. The Morgan fingerprint density at radius 1 is 1.30 bits per heavy atom. The van der Waals surface area contributed by atoms with E-state index in [0.29, 0.717) is 14.7 Å². The van der Waals surface area contributed by atoms with Crippen LogP contribution in [0.4, 0.5) is 0 Å². The second kappa shape index (κ2) is 6.64. The number of aliphatic hydroxyl groups excluding tert-OH is 1. The molecule has 0 aromatic heterocycles. The van der Waals surface area contributed by atoms with E-state index >= 15 is 0 Å². The molecule has 1 aromatic rings. The van der Waals surface area contributed by atoms with E-state index in [1.807, 2.05) is 0 Å². The number of halogens is 2. The Bertz CT molecular complexity index is 490. The van der Waals surface area contributed by atoms with Crippen LogP contribution >= 0.6 is 31.9 Å². The summed E-state index contributed by atoms with van der Waals surface area (Å²) in [5.41, 5.74) is 6.95. The fourth-order valence-electron chi connectivity index (χ4n) is 2.79. The summed E-state index contributed by atoms with van der Waals surface area (Å²) in [6.07, 6.45) is 3.75. The molecule has 0 radical (unpaired) electrons. The summed E-state index contributed by atoms with van der Waals surface area (Å²) in [6, 6.07) is 1.16. The Labute approximate surface area is 135 Å². The van der Waals surface area contributed by atoms with Gasteiger partial charge in [-0.25, -0.2) is 0 Å². The van der Waals surface area contributed by atoms with Crippen LogP contribution in [0.5, 0.6) is 11.5 Å². The molecule has 6 heteroatoms. The molecular formula is C14H19Br2NO3. The lowest BCUT2D eigenvalue weighted by atomic mass is 9.91. The molecule has 0 bridgehead atoms. The highest BCUT2D eigenvalue weighted by molar-refractivity contribution is 9.13. The first-order valence-corrected chi connectivity index (χ1v) is 8.24. The fraction of sp³-hybridized carbons (Fsp3) is 0.571. The van der Waals surface area contributed by atoms with Crippen LogP contribution in [0.2, 0.25) is 0 Å². The molecule has 0 aliphatic heterocycles. The van der Waals surface area contributed by atoms with Crippen molar-refractivity contribution in [2.45, 2.75) is 37.8 Å². The van der Waals surface area contributed by atoms with E-state index < -0.39 is 12.1 Å². The van der Waals surface area contributed by atoms with Gasteiger partial charge in [-0.2, -0.15) is 0 Å². The number of benzene rings is 1. The Hall–Kier alpha value is -0.300. The number of phenols is 1. The van der Waals surface area contributed by atoms with Crippen molar-refractivity contribution in [1.29, 1.82) is 0 Å². The summed E-state index contributed by atoms with van der Waals surface area (Å²) >= 11 is 6.73. The summed E-state index contributed by atoms with van der Waals surface area (Å²) in [6.45, 7) is 0. The maximum absolute atomic E-state index is 10.5. The molecule has 0 spiro atoms. The van der Waals surface area contributed by atoms with Gasteiger partial charge >= 0.3 is 0 Å². The van der Waals surface area contributed by atoms with E-state index in [2.05, 4.69) is 31.9 Å². The van der Waals surface area contributed by atoms with Crippen LogP contribution in [0.15, 0.2) is 15.0 Å². The third-order valence-corrected chi connectivity index (χ3v) is 6.16. The molecule has 0 heterocycles. The molecule has 20 heavy (non-hydrogen) atoms. The van der Waals surface area contributed by atoms with Crippen molar-refractivity contribution < 1.29 is 14.9 Å². The van der Waals surface area contributed by atoms with Gasteiger partial charge in [0.1, 0.15) is 0 Å². The molecule has 4 nitrogen and oxygen atoms in total. The van der Waals surface area contributed by atoms with Crippen molar-refractivity contribution >= 4 is 31.9 Å². The number of hydrogen-bond donors (Lipinski definition) is 3. The fourth-order valence-corrected chi connectivity index (χ4v) is 3.78. The Morgan fingerprint density at radius 3 is 2.45 bits per heavy atom. The standard InChI is InChI=1S/C14H19Br2NO3/c1-20-9-6-8(10(15)11(16)14(9)19)12(17)13(18)7-4-2-3-5-7/h6-7,12-13,18-19H,2-5,17H2,1H3/t12-,13+/m1/s1. The molecule has 2 atom stereocenters. The van der Waals surface area contributed by atoms with Gasteiger partial charge in [0.15, 0.2) is 11.5 Å². The summed E-state index contributed by atoms with van der Waals surface area (Å²) in [5, 5.41) is 20.4. The van der Waals surface area contributed by atoms with Crippen LogP contribution in [-0.4, -0.2) is 23.4 Å². The molecule has 1 saturated carbocycles. The van der Waals surface area contributed by atoms with Gasteiger partial charge < -0.3 is 20.7 Å². The first-order valence-electron chi connectivity index (χ1n) is 6.65. The zero-order valence-corrected chi connectivity index (χ0v) is 14.4. The number of hydrogen-bond acceptors (Lipinski definition) is 4. The van der Waals surface area contributed by atoms with Crippen molar-refractivity contribution in [2.75, 3.05) is 7.11 Å². The summed E-state index contributed by atoms with van der Waals surface area (Å²) in [5.74, 6) is 0.602. The van der Waals surface area contributed by atoms with Crippen molar-refractivity contribution in [3.05, 3.63) is 20.6 Å². The highest BCUT2D eigenvalue weighted by Crippen LogP contribution is 2.44. The molecule has 1 fully saturated rings. The Kier molecular flexibility index (Phi) is 5.34. The monoisotopic (exact) mass is 407 g/mol. The van der Waals surface area contributed by atoms with E-state index in [4.69, 9.17) is 10.5 Å². The van der Waals surface area contributed by atoms with Gasteiger partial charge in [0.2, 0.25) is 0 Å². The predicted octanol–water partition coefficient (Wildman–Crippen LogP) is 3.48. The Balaban J connectivity index is 2.33. The lowest BCUT2D eigenvalue weighted by Crippen LogP contribution is -2.32. The van der Waals surface area contributed by atoms with Gasteiger partial charge in [0, 0.05) is 4.47 Å². The number of methoxy groups -OCH3 is 1. The zero-order chi connectivity index (χ0) is 14.9. The topological polar surface area (TPSA) is 75.7 Å². The van der Waals surface area contributed by atoms with Gasteiger partial charge in [0.25, 0.3) is 0 Å². The number of aromatic hydroxyl groups is 1. The van der Waals surface area contributed by atoms with E-state index in [9.17, 15) is 10.2 Å². The molecule has 1 aliphatic rings. The molecule has 1 aromatic carbocycles. The minimum atomic E-state index is -0.588. The van der Waals surface area contributed by atoms with Crippen molar-refractivity contribution in [3.8, 4) is 11.5 Å². The second-order valence-electron chi connectivity index (χ2n) is 5.21. The number of ether oxygens (including phenoxy) is 1. The maximum Gasteiger partial charge on any atom is 0.173 e. The van der Waals surface area contributed by atoms with Crippen molar-refractivity contribution in [3.63, 3.8) is 0 Å². The molecule has 4 N–H and O–H groups in total. The molecule has 1 aliphatic carbocycles. The smallest absolute Gasteiger partial charge is 0.173 e. The molecule has 0 saturated heterocycles. The largest absolute Gasteiger partial charge is 0.503 e. The highest BCUT2D eigenvalue weighted by Gasteiger charge is 2.31. The number of rotatable bonds is 4. The number of phenolic OH excluding ortho intramolecular Hbond substituents is 1. The summed E-state index contributed by atoms with van der Waals surface area (Å²) in [4.78, 5) is 0. The van der Waals surface area contributed by atoms with E-state index in [-0.39, 0.29) is 11.7 Å². The lowest BCUT2D eigenvalue weighted by Gasteiger charge is -2.26. The lowest BCUT2D eigenvalue weighted by molar-refractivity contribution is 0.0841. The SMILES string of the molecule is COc1cc([C@@H](N)[C@@H](O)C2CCCC2)c(Br)c(Br)c1O. The Morgan fingerprint density at radius 2 is 1.90 bits per heavy atom. The minimum Gasteiger partial charge on any atom is -0.503 e. The van der Waals surface area contributed by atoms with Gasteiger partial charge in [0.05, 0.1) is 23.7 Å². The van der Waals surface area contributed by atoms with E-state index in [1.165, 1.54) is 7.11 Å². The first-order chi connectivity index (χ1) is 9.47.